The minimum Gasteiger partial charge on any atom is -0.444 e. The van der Waals surface area contributed by atoms with Gasteiger partial charge in [-0.15, -0.1) is 11.8 Å². The first-order valence-electron chi connectivity index (χ1n) is 8.43. The summed E-state index contributed by atoms with van der Waals surface area (Å²) >= 11 is 8.06. The summed E-state index contributed by atoms with van der Waals surface area (Å²) in [6, 6.07) is 3.72. The summed E-state index contributed by atoms with van der Waals surface area (Å²) in [5.74, 6) is 0.623. The van der Waals surface area contributed by atoms with E-state index in [2.05, 4.69) is 4.98 Å². The van der Waals surface area contributed by atoms with E-state index in [1.54, 1.807) is 16.7 Å². The number of aromatic nitrogens is 1. The standard InChI is InChI=1S/C18H23ClN2O3S/c1-11-20-14-8-7-13(19)16(15(14)23-11)25-12-6-5-9-21(10-12)17(22)24-18(2,3)4/h7-8,12H,5-6,9-10H2,1-4H3/t12-/m0/s1. The Balaban J connectivity index is 1.75. The first-order valence-corrected chi connectivity index (χ1v) is 9.69. The summed E-state index contributed by atoms with van der Waals surface area (Å²) in [6.07, 6.45) is 1.71. The maximum Gasteiger partial charge on any atom is 0.410 e. The lowest BCUT2D eigenvalue weighted by Gasteiger charge is -2.33. The molecule has 0 spiro atoms. The Morgan fingerprint density at radius 1 is 1.44 bits per heavy atom. The molecule has 1 atom stereocenters. The van der Waals surface area contributed by atoms with Gasteiger partial charge in [0.2, 0.25) is 0 Å². The Hall–Kier alpha value is -1.40. The van der Waals surface area contributed by atoms with Crippen LogP contribution in [0.15, 0.2) is 21.4 Å². The molecule has 7 heteroatoms. The highest BCUT2D eigenvalue weighted by atomic mass is 35.5. The zero-order valence-corrected chi connectivity index (χ0v) is 16.5. The first-order chi connectivity index (χ1) is 11.7. The number of nitrogens with zero attached hydrogens (tertiary/aromatic N) is 2. The van der Waals surface area contributed by atoms with Crippen molar-refractivity contribution in [1.29, 1.82) is 0 Å². The average Bonchev–Trinajstić information content (AvgIpc) is 2.90. The molecule has 0 saturated carbocycles. The molecule has 0 unspecified atom stereocenters. The van der Waals surface area contributed by atoms with Crippen LogP contribution in [0.3, 0.4) is 0 Å². The topological polar surface area (TPSA) is 55.6 Å². The van der Waals surface area contributed by atoms with Crippen LogP contribution in [-0.4, -0.2) is 39.9 Å². The van der Waals surface area contributed by atoms with Crippen molar-refractivity contribution < 1.29 is 13.9 Å². The number of halogens is 1. The number of amides is 1. The number of piperidine rings is 1. The van der Waals surface area contributed by atoms with Gasteiger partial charge in [-0.1, -0.05) is 11.6 Å². The third-order valence-corrected chi connectivity index (χ3v) is 5.67. The van der Waals surface area contributed by atoms with E-state index >= 15 is 0 Å². The smallest absolute Gasteiger partial charge is 0.410 e. The fraction of sp³-hybridized carbons (Fsp3) is 0.556. The largest absolute Gasteiger partial charge is 0.444 e. The monoisotopic (exact) mass is 382 g/mol. The van der Waals surface area contributed by atoms with Gasteiger partial charge in [0, 0.05) is 25.3 Å². The van der Waals surface area contributed by atoms with Gasteiger partial charge in [0.25, 0.3) is 0 Å². The number of carbonyl (C=O) groups excluding carboxylic acids is 1. The number of oxazole rings is 1. The van der Waals surface area contributed by atoms with E-state index in [-0.39, 0.29) is 11.3 Å². The summed E-state index contributed by atoms with van der Waals surface area (Å²) in [7, 11) is 0. The number of thioether (sulfide) groups is 1. The molecule has 0 radical (unpaired) electrons. The van der Waals surface area contributed by atoms with E-state index in [9.17, 15) is 4.79 Å². The van der Waals surface area contributed by atoms with Crippen molar-refractivity contribution in [2.75, 3.05) is 13.1 Å². The van der Waals surface area contributed by atoms with Crippen LogP contribution >= 0.6 is 23.4 Å². The lowest BCUT2D eigenvalue weighted by molar-refractivity contribution is 0.0220. The molecule has 3 rings (SSSR count). The van der Waals surface area contributed by atoms with Gasteiger partial charge >= 0.3 is 6.09 Å². The quantitative estimate of drug-likeness (QED) is 0.707. The number of carbonyl (C=O) groups is 1. The summed E-state index contributed by atoms with van der Waals surface area (Å²) < 4.78 is 11.2. The van der Waals surface area contributed by atoms with Crippen molar-refractivity contribution in [3.05, 3.63) is 23.0 Å². The fourth-order valence-electron chi connectivity index (χ4n) is 2.86. The SMILES string of the molecule is Cc1nc2ccc(Cl)c(S[C@H]3CCCN(C(=O)OC(C)(C)C)C3)c2o1. The lowest BCUT2D eigenvalue weighted by atomic mass is 10.1. The molecule has 1 aliphatic heterocycles. The van der Waals surface area contributed by atoms with E-state index in [1.165, 1.54) is 0 Å². The van der Waals surface area contributed by atoms with Gasteiger partial charge < -0.3 is 14.1 Å². The number of ether oxygens (including phenoxy) is 1. The van der Waals surface area contributed by atoms with Crippen LogP contribution in [-0.2, 0) is 4.74 Å². The number of fused-ring (bicyclic) bond motifs is 1. The highest BCUT2D eigenvalue weighted by Gasteiger charge is 2.29. The van der Waals surface area contributed by atoms with Crippen LogP contribution in [0.1, 0.15) is 39.5 Å². The highest BCUT2D eigenvalue weighted by Crippen LogP contribution is 2.39. The second-order valence-corrected chi connectivity index (χ2v) is 8.98. The first kappa shape index (κ1) is 18.4. The van der Waals surface area contributed by atoms with Crippen molar-refractivity contribution in [3.63, 3.8) is 0 Å². The molecule has 1 saturated heterocycles. The molecule has 1 amide bonds. The van der Waals surface area contributed by atoms with E-state index in [0.29, 0.717) is 17.5 Å². The average molecular weight is 383 g/mol. The molecule has 25 heavy (non-hydrogen) atoms. The minimum atomic E-state index is -0.483. The minimum absolute atomic E-state index is 0.245. The Kier molecular flexibility index (Phi) is 5.21. The van der Waals surface area contributed by atoms with Gasteiger partial charge in [0.15, 0.2) is 11.5 Å². The number of hydrogen-bond acceptors (Lipinski definition) is 5. The zero-order valence-electron chi connectivity index (χ0n) is 15.0. The van der Waals surface area contributed by atoms with Gasteiger partial charge in [-0.05, 0) is 45.7 Å². The molecule has 5 nitrogen and oxygen atoms in total. The van der Waals surface area contributed by atoms with Crippen LogP contribution in [0, 0.1) is 6.92 Å². The Morgan fingerprint density at radius 3 is 2.92 bits per heavy atom. The van der Waals surface area contributed by atoms with Crippen LogP contribution < -0.4 is 0 Å². The predicted octanol–water partition coefficient (Wildman–Crippen LogP) is 5.28. The molecule has 2 aromatic rings. The van der Waals surface area contributed by atoms with Crippen LogP contribution in [0.4, 0.5) is 4.79 Å². The molecule has 2 heterocycles. The number of hydrogen-bond donors (Lipinski definition) is 0. The molecular weight excluding hydrogens is 360 g/mol. The maximum atomic E-state index is 12.3. The van der Waals surface area contributed by atoms with Gasteiger partial charge in [-0.2, -0.15) is 0 Å². The van der Waals surface area contributed by atoms with Crippen molar-refractivity contribution in [1.82, 2.24) is 9.88 Å². The molecular formula is C18H23ClN2O3S. The predicted molar refractivity (Wildman–Crippen MR) is 100 cm³/mol. The number of likely N-dealkylation sites (tertiary alicyclic amines) is 1. The third-order valence-electron chi connectivity index (χ3n) is 3.89. The van der Waals surface area contributed by atoms with Gasteiger partial charge in [-0.25, -0.2) is 9.78 Å². The highest BCUT2D eigenvalue weighted by molar-refractivity contribution is 8.00. The van der Waals surface area contributed by atoms with Crippen molar-refractivity contribution in [2.24, 2.45) is 0 Å². The summed E-state index contributed by atoms with van der Waals surface area (Å²) in [6.45, 7) is 8.84. The van der Waals surface area contributed by atoms with E-state index in [0.717, 1.165) is 35.4 Å². The molecule has 0 aliphatic carbocycles. The Morgan fingerprint density at radius 2 is 2.20 bits per heavy atom. The molecule has 1 aromatic carbocycles. The Labute approximate surface area is 157 Å². The van der Waals surface area contributed by atoms with Crippen LogP contribution in [0.5, 0.6) is 0 Å². The third kappa shape index (κ3) is 4.42. The zero-order chi connectivity index (χ0) is 18.2. The number of aryl methyl sites for hydroxylation is 1. The van der Waals surface area contributed by atoms with Crippen molar-refractivity contribution in [3.8, 4) is 0 Å². The molecule has 1 aliphatic rings. The van der Waals surface area contributed by atoms with Crippen molar-refractivity contribution >= 4 is 40.6 Å². The van der Waals surface area contributed by atoms with Gasteiger partial charge in [-0.3, -0.25) is 0 Å². The molecule has 1 fully saturated rings. The van der Waals surface area contributed by atoms with E-state index in [4.69, 9.17) is 20.8 Å². The Bertz CT molecular complexity index is 784. The molecule has 136 valence electrons. The fourth-order valence-corrected chi connectivity index (χ4v) is 4.45. The van der Waals surface area contributed by atoms with Crippen LogP contribution in [0.25, 0.3) is 11.1 Å². The van der Waals surface area contributed by atoms with Crippen molar-refractivity contribution in [2.45, 2.75) is 56.3 Å². The summed E-state index contributed by atoms with van der Waals surface area (Å²) in [5.41, 5.74) is 1.05. The van der Waals surface area contributed by atoms with Crippen LogP contribution in [0.2, 0.25) is 5.02 Å². The second-order valence-electron chi connectivity index (χ2n) is 7.27. The lowest BCUT2D eigenvalue weighted by Crippen LogP contribution is -2.43. The number of rotatable bonds is 2. The molecule has 1 aromatic heterocycles. The normalized spacial score (nSPS) is 18.6. The summed E-state index contributed by atoms with van der Waals surface area (Å²) in [5, 5.41) is 0.901. The van der Waals surface area contributed by atoms with E-state index in [1.807, 2.05) is 39.8 Å². The van der Waals surface area contributed by atoms with E-state index < -0.39 is 5.60 Å². The van der Waals surface area contributed by atoms with Gasteiger partial charge in [0.05, 0.1) is 9.92 Å². The maximum absolute atomic E-state index is 12.3. The van der Waals surface area contributed by atoms with Gasteiger partial charge in [0.1, 0.15) is 11.1 Å². The number of benzene rings is 1. The summed E-state index contributed by atoms with van der Waals surface area (Å²) in [4.78, 5) is 19.4. The second kappa shape index (κ2) is 7.08. The molecule has 0 N–H and O–H groups in total. The molecule has 0 bridgehead atoms.